The van der Waals surface area contributed by atoms with E-state index in [2.05, 4.69) is 16.0 Å². The summed E-state index contributed by atoms with van der Waals surface area (Å²) in [6.45, 7) is 1.99. The smallest absolute Gasteiger partial charge is 0.326 e. The van der Waals surface area contributed by atoms with Gasteiger partial charge in [-0.05, 0) is 13.8 Å². The van der Waals surface area contributed by atoms with Crippen LogP contribution < -0.4 is 21.7 Å². The number of aliphatic carboxylic acids is 1. The van der Waals surface area contributed by atoms with Crippen molar-refractivity contribution in [2.24, 2.45) is 5.73 Å². The number of rotatable bonds is 10. The normalized spacial score (nSPS) is 16.0. The van der Waals surface area contributed by atoms with Crippen molar-refractivity contribution >= 4 is 41.4 Å². The van der Waals surface area contributed by atoms with Crippen LogP contribution in [0.5, 0.6) is 0 Å². The molecule has 0 bridgehead atoms. The third-order valence-corrected chi connectivity index (χ3v) is 3.74. The molecule has 1 rings (SSSR count). The summed E-state index contributed by atoms with van der Waals surface area (Å²) in [5.41, 5.74) is 4.91. The molecule has 0 radical (unpaired) electrons. The Morgan fingerprint density at radius 3 is 1.93 bits per heavy atom. The summed E-state index contributed by atoms with van der Waals surface area (Å²) in [5.74, 6) is -6.16. The summed E-state index contributed by atoms with van der Waals surface area (Å²) in [7, 11) is 0. The number of nitrogens with zero attached hydrogens (tertiary/aromatic N) is 1. The molecule has 0 aliphatic carbocycles. The molecule has 0 aromatic rings. The fourth-order valence-electron chi connectivity index (χ4n) is 2.19. The molecule has 13 nitrogen and oxygen atoms in total. The van der Waals surface area contributed by atoms with Crippen molar-refractivity contribution < 1.29 is 38.7 Å². The van der Waals surface area contributed by atoms with Crippen molar-refractivity contribution in [1.82, 2.24) is 20.9 Å². The standard InChI is InChI=1S/C16H21N5O8/c1-7(18-11(23)6-21-12(24)3-4-13(21)25)14(26)19-8(2)15(27)20-9(16(28)29)5-10(17)22/h3-4,7-9H,5-6H2,1-2H3,(H2,17,22)(H,18,23)(H,19,26)(H,20,27)(H,28,29)/t7-,8-,9+/m1/s1. The maximum absolute atomic E-state index is 12.1. The van der Waals surface area contributed by atoms with E-state index in [-0.39, 0.29) is 0 Å². The highest BCUT2D eigenvalue weighted by molar-refractivity contribution is 6.14. The van der Waals surface area contributed by atoms with Crippen LogP contribution in [-0.2, 0) is 33.6 Å². The van der Waals surface area contributed by atoms with Crippen LogP contribution in [-0.4, -0.2) is 76.1 Å². The number of primary amides is 1. The largest absolute Gasteiger partial charge is 0.480 e. The van der Waals surface area contributed by atoms with Crippen LogP contribution in [0.2, 0.25) is 0 Å². The van der Waals surface area contributed by atoms with E-state index >= 15 is 0 Å². The van der Waals surface area contributed by atoms with Gasteiger partial charge in [-0.3, -0.25) is 33.7 Å². The molecule has 1 aliphatic heterocycles. The molecule has 13 heteroatoms. The SMILES string of the molecule is C[C@@H](NC(=O)CN1C(=O)C=CC1=O)C(=O)N[C@H](C)C(=O)N[C@@H](CC(N)=O)C(=O)O. The van der Waals surface area contributed by atoms with E-state index in [1.807, 2.05) is 0 Å². The highest BCUT2D eigenvalue weighted by Crippen LogP contribution is 2.02. The summed E-state index contributed by atoms with van der Waals surface area (Å²) in [5, 5.41) is 15.5. The first-order valence-electron chi connectivity index (χ1n) is 8.37. The number of carboxylic acids is 1. The monoisotopic (exact) mass is 411 g/mol. The number of carbonyl (C=O) groups is 7. The average Bonchev–Trinajstić information content (AvgIpc) is 2.92. The van der Waals surface area contributed by atoms with Crippen LogP contribution >= 0.6 is 0 Å². The molecule has 6 N–H and O–H groups in total. The van der Waals surface area contributed by atoms with Gasteiger partial charge in [-0.25, -0.2) is 4.79 Å². The first-order chi connectivity index (χ1) is 13.4. The van der Waals surface area contributed by atoms with Crippen molar-refractivity contribution in [2.45, 2.75) is 38.4 Å². The van der Waals surface area contributed by atoms with Crippen molar-refractivity contribution in [3.8, 4) is 0 Å². The van der Waals surface area contributed by atoms with E-state index in [0.29, 0.717) is 4.90 Å². The van der Waals surface area contributed by atoms with E-state index in [0.717, 1.165) is 12.2 Å². The Labute approximate surface area is 164 Å². The number of carbonyl (C=O) groups excluding carboxylic acids is 6. The molecule has 0 aromatic carbocycles. The highest BCUT2D eigenvalue weighted by atomic mass is 16.4. The Balaban J connectivity index is 2.53. The lowest BCUT2D eigenvalue weighted by Gasteiger charge is -2.21. The molecule has 0 aromatic heterocycles. The number of hydrogen-bond acceptors (Lipinski definition) is 7. The number of imide groups is 1. The zero-order valence-corrected chi connectivity index (χ0v) is 15.6. The summed E-state index contributed by atoms with van der Waals surface area (Å²) in [6.07, 6.45) is 1.39. The van der Waals surface area contributed by atoms with Crippen molar-refractivity contribution in [1.29, 1.82) is 0 Å². The van der Waals surface area contributed by atoms with Crippen LogP contribution in [0.1, 0.15) is 20.3 Å². The van der Waals surface area contributed by atoms with E-state index in [1.165, 1.54) is 13.8 Å². The number of hydrogen-bond donors (Lipinski definition) is 5. The molecular weight excluding hydrogens is 390 g/mol. The predicted octanol–water partition coefficient (Wildman–Crippen LogP) is -3.63. The van der Waals surface area contributed by atoms with Gasteiger partial charge in [0.15, 0.2) is 0 Å². The summed E-state index contributed by atoms with van der Waals surface area (Å²) in [4.78, 5) is 81.4. The second-order valence-corrected chi connectivity index (χ2v) is 6.19. The van der Waals surface area contributed by atoms with Crippen molar-refractivity contribution in [3.63, 3.8) is 0 Å². The molecule has 1 heterocycles. The third kappa shape index (κ3) is 7.04. The van der Waals surface area contributed by atoms with Gasteiger partial charge in [0.2, 0.25) is 23.6 Å². The molecule has 1 aliphatic rings. The minimum absolute atomic E-state index is 0.578. The summed E-state index contributed by atoms with van der Waals surface area (Å²) in [6, 6.07) is -3.87. The molecule has 3 atom stereocenters. The Hall–Kier alpha value is -3.77. The van der Waals surface area contributed by atoms with Gasteiger partial charge >= 0.3 is 5.97 Å². The maximum atomic E-state index is 12.1. The molecule has 0 spiro atoms. The summed E-state index contributed by atoms with van der Waals surface area (Å²) < 4.78 is 0. The van der Waals surface area contributed by atoms with Crippen molar-refractivity contribution in [2.75, 3.05) is 6.54 Å². The lowest BCUT2D eigenvalue weighted by molar-refractivity contribution is -0.143. The molecule has 0 fully saturated rings. The van der Waals surface area contributed by atoms with Gasteiger partial charge in [0.1, 0.15) is 24.7 Å². The second-order valence-electron chi connectivity index (χ2n) is 6.19. The maximum Gasteiger partial charge on any atom is 0.326 e. The van der Waals surface area contributed by atoms with Gasteiger partial charge < -0.3 is 26.8 Å². The molecular formula is C16H21N5O8. The minimum Gasteiger partial charge on any atom is -0.480 e. The zero-order valence-electron chi connectivity index (χ0n) is 15.6. The average molecular weight is 411 g/mol. The number of carboxylic acid groups (broad SMARTS) is 1. The van der Waals surface area contributed by atoms with E-state index in [9.17, 15) is 33.6 Å². The van der Waals surface area contributed by atoms with Crippen molar-refractivity contribution in [3.05, 3.63) is 12.2 Å². The van der Waals surface area contributed by atoms with Gasteiger partial charge in [0, 0.05) is 12.2 Å². The van der Waals surface area contributed by atoms with Gasteiger partial charge in [-0.15, -0.1) is 0 Å². The van der Waals surface area contributed by atoms with Crippen LogP contribution in [0.15, 0.2) is 12.2 Å². The van der Waals surface area contributed by atoms with Gasteiger partial charge in [0.25, 0.3) is 11.8 Å². The predicted molar refractivity (Wildman–Crippen MR) is 94.4 cm³/mol. The first-order valence-corrected chi connectivity index (χ1v) is 8.37. The van der Waals surface area contributed by atoms with Gasteiger partial charge in [-0.2, -0.15) is 0 Å². The molecule has 0 saturated carbocycles. The lowest BCUT2D eigenvalue weighted by Crippen LogP contribution is -2.55. The molecule has 6 amide bonds. The Morgan fingerprint density at radius 2 is 1.45 bits per heavy atom. The Kier molecular flexibility index (Phi) is 7.99. The molecule has 0 saturated heterocycles. The van der Waals surface area contributed by atoms with E-state index in [4.69, 9.17) is 10.8 Å². The summed E-state index contributed by atoms with van der Waals surface area (Å²) >= 11 is 0. The quantitative estimate of drug-likeness (QED) is 0.226. The van der Waals surface area contributed by atoms with E-state index < -0.39 is 72.5 Å². The molecule has 0 unspecified atom stereocenters. The van der Waals surface area contributed by atoms with Crippen LogP contribution in [0, 0.1) is 0 Å². The highest BCUT2D eigenvalue weighted by Gasteiger charge is 2.28. The van der Waals surface area contributed by atoms with Gasteiger partial charge in [-0.1, -0.05) is 0 Å². The lowest BCUT2D eigenvalue weighted by atomic mass is 10.1. The fourth-order valence-corrected chi connectivity index (χ4v) is 2.19. The fraction of sp³-hybridized carbons (Fsp3) is 0.438. The van der Waals surface area contributed by atoms with Crippen LogP contribution in [0.4, 0.5) is 0 Å². The zero-order chi connectivity index (χ0) is 22.3. The second kappa shape index (κ2) is 9.96. The Morgan fingerprint density at radius 1 is 0.966 bits per heavy atom. The minimum atomic E-state index is -1.55. The van der Waals surface area contributed by atoms with Crippen LogP contribution in [0.25, 0.3) is 0 Å². The number of nitrogens with one attached hydrogen (secondary N) is 3. The Bertz CT molecular complexity index is 759. The number of amides is 6. The topological polar surface area (TPSA) is 205 Å². The van der Waals surface area contributed by atoms with E-state index in [1.54, 1.807) is 0 Å². The number of nitrogens with two attached hydrogens (primary N) is 1. The first kappa shape index (κ1) is 23.3. The third-order valence-electron chi connectivity index (χ3n) is 3.74. The van der Waals surface area contributed by atoms with Crippen LogP contribution in [0.3, 0.4) is 0 Å². The van der Waals surface area contributed by atoms with Gasteiger partial charge in [0.05, 0.1) is 6.42 Å². The molecule has 158 valence electrons. The molecule has 29 heavy (non-hydrogen) atoms.